The molecule has 0 unspecified atom stereocenters. The molecule has 0 aliphatic carbocycles. The van der Waals surface area contributed by atoms with Crippen molar-refractivity contribution in [3.05, 3.63) is 47.8 Å². The Hall–Kier alpha value is -2.14. The Morgan fingerprint density at radius 3 is 2.26 bits per heavy atom. The van der Waals surface area contributed by atoms with Crippen LogP contribution in [0.2, 0.25) is 0 Å². The van der Waals surface area contributed by atoms with Crippen LogP contribution >= 0.6 is 0 Å². The van der Waals surface area contributed by atoms with Crippen LogP contribution in [0.3, 0.4) is 0 Å². The molecule has 0 saturated carbocycles. The number of rotatable bonds is 5. The van der Waals surface area contributed by atoms with E-state index in [0.29, 0.717) is 12.5 Å². The van der Waals surface area contributed by atoms with Crippen LogP contribution in [0, 0.1) is 0 Å². The maximum absolute atomic E-state index is 5.52. The van der Waals surface area contributed by atoms with Crippen LogP contribution in [-0.2, 0) is 13.1 Å². The van der Waals surface area contributed by atoms with Gasteiger partial charge in [-0.2, -0.15) is 0 Å². The number of nitrogens with zero attached hydrogens (tertiary/aromatic N) is 3. The maximum Gasteiger partial charge on any atom is 0.225 e. The molecule has 0 spiro atoms. The summed E-state index contributed by atoms with van der Waals surface area (Å²) >= 11 is 0. The molecule has 0 aliphatic heterocycles. The molecule has 1 aromatic heterocycles. The lowest BCUT2D eigenvalue weighted by atomic mass is 10.2. The normalized spacial score (nSPS) is 10.3. The minimum Gasteiger partial charge on any atom is -0.497 e. The van der Waals surface area contributed by atoms with Gasteiger partial charge in [-0.3, -0.25) is 0 Å². The number of hydrogen-bond donors (Lipinski definition) is 1. The minimum absolute atomic E-state index is 0.461. The first-order valence-electron chi connectivity index (χ1n) is 6.08. The quantitative estimate of drug-likeness (QED) is 0.882. The first-order valence-corrected chi connectivity index (χ1v) is 6.08. The van der Waals surface area contributed by atoms with E-state index < -0.39 is 0 Å². The molecule has 0 radical (unpaired) electrons. The number of anilines is 1. The van der Waals surface area contributed by atoms with Crippen LogP contribution in [-0.4, -0.2) is 24.1 Å². The summed E-state index contributed by atoms with van der Waals surface area (Å²) in [6.45, 7) is 1.20. The summed E-state index contributed by atoms with van der Waals surface area (Å²) in [6, 6.07) is 7.95. The first-order chi connectivity index (χ1) is 9.22. The lowest BCUT2D eigenvalue weighted by molar-refractivity contribution is 0.414. The van der Waals surface area contributed by atoms with Gasteiger partial charge in [-0.1, -0.05) is 12.1 Å². The summed E-state index contributed by atoms with van der Waals surface area (Å²) in [7, 11) is 3.62. The molecule has 1 heterocycles. The van der Waals surface area contributed by atoms with Crippen molar-refractivity contribution in [2.75, 3.05) is 19.1 Å². The van der Waals surface area contributed by atoms with Gasteiger partial charge in [-0.15, -0.1) is 0 Å². The highest BCUT2D eigenvalue weighted by atomic mass is 16.5. The van der Waals surface area contributed by atoms with Gasteiger partial charge in [0.05, 0.1) is 7.11 Å². The summed E-state index contributed by atoms with van der Waals surface area (Å²) in [5.74, 6) is 1.54. The molecule has 0 saturated heterocycles. The summed E-state index contributed by atoms with van der Waals surface area (Å²) < 4.78 is 5.13. The fourth-order valence-corrected chi connectivity index (χ4v) is 1.73. The third kappa shape index (κ3) is 3.42. The van der Waals surface area contributed by atoms with Crippen molar-refractivity contribution in [1.29, 1.82) is 0 Å². The van der Waals surface area contributed by atoms with Crippen LogP contribution in [0.15, 0.2) is 36.7 Å². The molecule has 0 amide bonds. The zero-order valence-corrected chi connectivity index (χ0v) is 11.2. The highest BCUT2D eigenvalue weighted by Gasteiger charge is 2.05. The number of nitrogens with two attached hydrogens (primary N) is 1. The molecule has 0 bridgehead atoms. The predicted octanol–water partition coefficient (Wildman–Crippen LogP) is 1.58. The van der Waals surface area contributed by atoms with Crippen molar-refractivity contribution in [2.45, 2.75) is 13.1 Å². The number of aromatic nitrogens is 2. The fourth-order valence-electron chi connectivity index (χ4n) is 1.73. The van der Waals surface area contributed by atoms with Crippen LogP contribution in [0.4, 0.5) is 5.95 Å². The van der Waals surface area contributed by atoms with E-state index in [4.69, 9.17) is 10.5 Å². The topological polar surface area (TPSA) is 64.3 Å². The maximum atomic E-state index is 5.52. The lowest BCUT2D eigenvalue weighted by Crippen LogP contribution is -2.19. The van der Waals surface area contributed by atoms with Crippen molar-refractivity contribution in [3.8, 4) is 5.75 Å². The molecular formula is C14H18N4O. The Morgan fingerprint density at radius 1 is 1.11 bits per heavy atom. The van der Waals surface area contributed by atoms with E-state index in [9.17, 15) is 0 Å². The van der Waals surface area contributed by atoms with Gasteiger partial charge >= 0.3 is 0 Å². The van der Waals surface area contributed by atoms with E-state index in [1.165, 1.54) is 5.56 Å². The van der Waals surface area contributed by atoms with Crippen molar-refractivity contribution >= 4 is 5.95 Å². The summed E-state index contributed by atoms with van der Waals surface area (Å²) in [5, 5.41) is 0. The Balaban J connectivity index is 2.04. The molecule has 5 nitrogen and oxygen atoms in total. The van der Waals surface area contributed by atoms with E-state index in [2.05, 4.69) is 9.97 Å². The van der Waals surface area contributed by atoms with Crippen molar-refractivity contribution in [1.82, 2.24) is 9.97 Å². The van der Waals surface area contributed by atoms with Gasteiger partial charge in [0.2, 0.25) is 5.95 Å². The molecule has 2 N–H and O–H groups in total. The standard InChI is InChI=1S/C14H18N4O/c1-18(14-16-8-12(7-15)9-17-14)10-11-3-5-13(19-2)6-4-11/h3-6,8-9H,7,10,15H2,1-2H3. The molecule has 100 valence electrons. The SMILES string of the molecule is COc1ccc(CN(C)c2ncc(CN)cn2)cc1. The van der Waals surface area contributed by atoms with Gasteiger partial charge in [-0.05, 0) is 17.7 Å². The largest absolute Gasteiger partial charge is 0.497 e. The Bertz CT molecular complexity index is 510. The van der Waals surface area contributed by atoms with Crippen molar-refractivity contribution < 1.29 is 4.74 Å². The number of hydrogen-bond acceptors (Lipinski definition) is 5. The third-order valence-electron chi connectivity index (χ3n) is 2.85. The number of benzene rings is 1. The second kappa shape index (κ2) is 6.15. The predicted molar refractivity (Wildman–Crippen MR) is 75.0 cm³/mol. The summed E-state index contributed by atoms with van der Waals surface area (Å²) in [4.78, 5) is 10.6. The minimum atomic E-state index is 0.461. The Labute approximate surface area is 113 Å². The molecule has 0 atom stereocenters. The molecular weight excluding hydrogens is 240 g/mol. The lowest BCUT2D eigenvalue weighted by Gasteiger charge is -2.17. The van der Waals surface area contributed by atoms with E-state index in [-0.39, 0.29) is 0 Å². The molecule has 0 fully saturated rings. The first kappa shape index (κ1) is 13.3. The van der Waals surface area contributed by atoms with Crippen LogP contribution in [0.1, 0.15) is 11.1 Å². The molecule has 5 heteroatoms. The van der Waals surface area contributed by atoms with E-state index in [1.807, 2.05) is 36.2 Å². The Kier molecular flexibility index (Phi) is 4.30. The highest BCUT2D eigenvalue weighted by molar-refractivity contribution is 5.33. The van der Waals surface area contributed by atoms with Crippen LogP contribution in [0.25, 0.3) is 0 Å². The number of methoxy groups -OCH3 is 1. The van der Waals surface area contributed by atoms with Crippen molar-refractivity contribution in [2.24, 2.45) is 5.73 Å². The van der Waals surface area contributed by atoms with E-state index in [0.717, 1.165) is 17.9 Å². The van der Waals surface area contributed by atoms with Crippen molar-refractivity contribution in [3.63, 3.8) is 0 Å². The zero-order chi connectivity index (χ0) is 13.7. The zero-order valence-electron chi connectivity index (χ0n) is 11.2. The summed E-state index contributed by atoms with van der Waals surface area (Å²) in [5.41, 5.74) is 7.63. The average molecular weight is 258 g/mol. The van der Waals surface area contributed by atoms with E-state index in [1.54, 1.807) is 19.5 Å². The monoisotopic (exact) mass is 258 g/mol. The van der Waals surface area contributed by atoms with Gasteiger partial charge in [0.15, 0.2) is 0 Å². The fraction of sp³-hybridized carbons (Fsp3) is 0.286. The third-order valence-corrected chi connectivity index (χ3v) is 2.85. The number of ether oxygens (including phenoxy) is 1. The van der Waals surface area contributed by atoms with Gasteiger partial charge in [0.25, 0.3) is 0 Å². The van der Waals surface area contributed by atoms with Crippen LogP contribution in [0.5, 0.6) is 5.75 Å². The highest BCUT2D eigenvalue weighted by Crippen LogP contribution is 2.14. The molecule has 1 aromatic carbocycles. The van der Waals surface area contributed by atoms with Gasteiger partial charge < -0.3 is 15.4 Å². The second-order valence-electron chi connectivity index (χ2n) is 4.30. The molecule has 19 heavy (non-hydrogen) atoms. The van der Waals surface area contributed by atoms with Gasteiger partial charge in [-0.25, -0.2) is 9.97 Å². The van der Waals surface area contributed by atoms with Gasteiger partial charge in [0, 0.05) is 38.1 Å². The smallest absolute Gasteiger partial charge is 0.225 e. The summed E-state index contributed by atoms with van der Waals surface area (Å²) in [6.07, 6.45) is 3.51. The van der Waals surface area contributed by atoms with E-state index >= 15 is 0 Å². The molecule has 2 aromatic rings. The average Bonchev–Trinajstić information content (AvgIpc) is 2.48. The second-order valence-corrected chi connectivity index (χ2v) is 4.30. The molecule has 2 rings (SSSR count). The van der Waals surface area contributed by atoms with Gasteiger partial charge in [0.1, 0.15) is 5.75 Å². The van der Waals surface area contributed by atoms with Crippen LogP contribution < -0.4 is 15.4 Å². The molecule has 0 aliphatic rings. The Morgan fingerprint density at radius 2 is 1.74 bits per heavy atom.